The van der Waals surface area contributed by atoms with Crippen molar-refractivity contribution in [2.45, 2.75) is 26.7 Å². The summed E-state index contributed by atoms with van der Waals surface area (Å²) in [5.74, 6) is 1.50. The maximum Gasteiger partial charge on any atom is 0.162 e. The van der Waals surface area contributed by atoms with Crippen molar-refractivity contribution in [2.75, 3.05) is 18.9 Å². The molecule has 0 heterocycles. The summed E-state index contributed by atoms with van der Waals surface area (Å²) in [6, 6.07) is 13.0. The van der Waals surface area contributed by atoms with Gasteiger partial charge in [-0.3, -0.25) is 4.79 Å². The molecule has 4 nitrogen and oxygen atoms in total. The Kier molecular flexibility index (Phi) is 6.03. The number of ketones is 1. The summed E-state index contributed by atoms with van der Waals surface area (Å²) in [7, 11) is 0. The maximum atomic E-state index is 11.8. The molecule has 0 saturated heterocycles. The largest absolute Gasteiger partial charge is 0.490 e. The Morgan fingerprint density at radius 3 is 2.57 bits per heavy atom. The van der Waals surface area contributed by atoms with E-state index in [1.54, 1.807) is 18.2 Å². The number of rotatable bonds is 8. The van der Waals surface area contributed by atoms with Crippen LogP contribution < -0.4 is 15.2 Å². The van der Waals surface area contributed by atoms with Crippen LogP contribution >= 0.6 is 0 Å². The fourth-order valence-corrected chi connectivity index (χ4v) is 2.24. The lowest BCUT2D eigenvalue weighted by molar-refractivity contribution is 0.0981. The van der Waals surface area contributed by atoms with Gasteiger partial charge in [-0.1, -0.05) is 19.1 Å². The van der Waals surface area contributed by atoms with Gasteiger partial charge in [-0.2, -0.15) is 0 Å². The average Bonchev–Trinajstić information content (AvgIpc) is 2.53. The predicted molar refractivity (Wildman–Crippen MR) is 92.3 cm³/mol. The van der Waals surface area contributed by atoms with E-state index in [-0.39, 0.29) is 5.78 Å². The SMILES string of the molecule is CCCC(=O)c1ccc(OCCOc2cccc(C)c2)c(N)c1. The Labute approximate surface area is 137 Å². The van der Waals surface area contributed by atoms with Crippen LogP contribution in [-0.2, 0) is 0 Å². The molecule has 122 valence electrons. The minimum Gasteiger partial charge on any atom is -0.490 e. The fraction of sp³-hybridized carbons (Fsp3) is 0.316. The van der Waals surface area contributed by atoms with Crippen LogP contribution in [0.5, 0.6) is 11.5 Å². The first-order valence-corrected chi connectivity index (χ1v) is 7.85. The zero-order valence-corrected chi connectivity index (χ0v) is 13.7. The van der Waals surface area contributed by atoms with Gasteiger partial charge >= 0.3 is 0 Å². The second kappa shape index (κ2) is 8.22. The Bertz CT molecular complexity index is 667. The lowest BCUT2D eigenvalue weighted by atomic mass is 10.1. The van der Waals surface area contributed by atoms with Gasteiger partial charge in [-0.25, -0.2) is 0 Å². The molecular weight excluding hydrogens is 290 g/mol. The first-order valence-electron chi connectivity index (χ1n) is 7.85. The molecule has 0 saturated carbocycles. The van der Waals surface area contributed by atoms with E-state index in [2.05, 4.69) is 0 Å². The molecule has 0 fully saturated rings. The van der Waals surface area contributed by atoms with E-state index in [0.29, 0.717) is 36.6 Å². The summed E-state index contributed by atoms with van der Waals surface area (Å²) in [4.78, 5) is 11.8. The summed E-state index contributed by atoms with van der Waals surface area (Å²) in [6.07, 6.45) is 1.36. The Hall–Kier alpha value is -2.49. The van der Waals surface area contributed by atoms with Crippen molar-refractivity contribution in [3.05, 3.63) is 53.6 Å². The number of aryl methyl sites for hydroxylation is 1. The first kappa shape index (κ1) is 16.9. The van der Waals surface area contributed by atoms with Gasteiger partial charge in [-0.05, 0) is 49.2 Å². The third kappa shape index (κ3) is 5.02. The molecule has 0 atom stereocenters. The lowest BCUT2D eigenvalue weighted by Crippen LogP contribution is -2.10. The summed E-state index contributed by atoms with van der Waals surface area (Å²) in [5.41, 5.74) is 8.21. The van der Waals surface area contributed by atoms with E-state index in [0.717, 1.165) is 17.7 Å². The summed E-state index contributed by atoms with van der Waals surface area (Å²) >= 11 is 0. The molecule has 0 unspecified atom stereocenters. The fourth-order valence-electron chi connectivity index (χ4n) is 2.24. The van der Waals surface area contributed by atoms with Gasteiger partial charge in [0.15, 0.2) is 5.78 Å². The van der Waals surface area contributed by atoms with Crippen LogP contribution in [0.2, 0.25) is 0 Å². The van der Waals surface area contributed by atoms with Crippen LogP contribution in [0.3, 0.4) is 0 Å². The highest BCUT2D eigenvalue weighted by molar-refractivity contribution is 5.97. The van der Waals surface area contributed by atoms with Crippen LogP contribution in [0.15, 0.2) is 42.5 Å². The molecule has 0 aliphatic carbocycles. The molecule has 4 heteroatoms. The maximum absolute atomic E-state index is 11.8. The van der Waals surface area contributed by atoms with Crippen molar-refractivity contribution < 1.29 is 14.3 Å². The van der Waals surface area contributed by atoms with Gasteiger partial charge < -0.3 is 15.2 Å². The molecule has 0 aromatic heterocycles. The molecule has 23 heavy (non-hydrogen) atoms. The number of hydrogen-bond acceptors (Lipinski definition) is 4. The number of carbonyl (C=O) groups is 1. The molecule has 0 bridgehead atoms. The zero-order valence-electron chi connectivity index (χ0n) is 13.7. The van der Waals surface area contributed by atoms with E-state index in [1.165, 1.54) is 0 Å². The topological polar surface area (TPSA) is 61.5 Å². The highest BCUT2D eigenvalue weighted by Crippen LogP contribution is 2.23. The summed E-state index contributed by atoms with van der Waals surface area (Å²) < 4.78 is 11.2. The van der Waals surface area contributed by atoms with E-state index >= 15 is 0 Å². The molecule has 2 N–H and O–H groups in total. The minimum absolute atomic E-state index is 0.105. The van der Waals surface area contributed by atoms with E-state index in [9.17, 15) is 4.79 Å². The number of benzene rings is 2. The Morgan fingerprint density at radius 1 is 1.09 bits per heavy atom. The van der Waals surface area contributed by atoms with Gasteiger partial charge in [-0.15, -0.1) is 0 Å². The van der Waals surface area contributed by atoms with Gasteiger partial charge in [0.05, 0.1) is 5.69 Å². The van der Waals surface area contributed by atoms with Crippen molar-refractivity contribution in [2.24, 2.45) is 0 Å². The second-order valence-corrected chi connectivity index (χ2v) is 5.44. The zero-order chi connectivity index (χ0) is 16.7. The number of anilines is 1. The number of carbonyl (C=O) groups excluding carboxylic acids is 1. The van der Waals surface area contributed by atoms with Gasteiger partial charge in [0.25, 0.3) is 0 Å². The van der Waals surface area contributed by atoms with Gasteiger partial charge in [0, 0.05) is 12.0 Å². The van der Waals surface area contributed by atoms with Crippen LogP contribution in [0, 0.1) is 6.92 Å². The van der Waals surface area contributed by atoms with Crippen molar-refractivity contribution in [1.82, 2.24) is 0 Å². The number of ether oxygens (including phenoxy) is 2. The van der Waals surface area contributed by atoms with Crippen LogP contribution in [-0.4, -0.2) is 19.0 Å². The van der Waals surface area contributed by atoms with E-state index in [4.69, 9.17) is 15.2 Å². The molecule has 2 aromatic rings. The summed E-state index contributed by atoms with van der Waals surface area (Å²) in [5, 5.41) is 0. The van der Waals surface area contributed by atoms with Crippen molar-refractivity contribution in [3.63, 3.8) is 0 Å². The first-order chi connectivity index (χ1) is 11.1. The molecular formula is C19H23NO3. The number of nitrogen functional groups attached to an aromatic ring is 1. The molecule has 0 aliphatic rings. The molecule has 2 rings (SSSR count). The van der Waals surface area contributed by atoms with Gasteiger partial charge in [0.1, 0.15) is 24.7 Å². The molecule has 0 amide bonds. The third-order valence-corrected chi connectivity index (χ3v) is 3.41. The van der Waals surface area contributed by atoms with Crippen molar-refractivity contribution >= 4 is 11.5 Å². The molecule has 2 aromatic carbocycles. The van der Waals surface area contributed by atoms with Crippen LogP contribution in [0.25, 0.3) is 0 Å². The van der Waals surface area contributed by atoms with Gasteiger partial charge in [0.2, 0.25) is 0 Å². The smallest absolute Gasteiger partial charge is 0.162 e. The second-order valence-electron chi connectivity index (χ2n) is 5.44. The van der Waals surface area contributed by atoms with Crippen molar-refractivity contribution in [3.8, 4) is 11.5 Å². The highest BCUT2D eigenvalue weighted by atomic mass is 16.5. The third-order valence-electron chi connectivity index (χ3n) is 3.41. The van der Waals surface area contributed by atoms with Crippen LogP contribution in [0.4, 0.5) is 5.69 Å². The monoisotopic (exact) mass is 313 g/mol. The van der Waals surface area contributed by atoms with Crippen molar-refractivity contribution in [1.29, 1.82) is 0 Å². The van der Waals surface area contributed by atoms with E-state index in [1.807, 2.05) is 38.1 Å². The summed E-state index contributed by atoms with van der Waals surface area (Å²) in [6.45, 7) is 4.82. The lowest BCUT2D eigenvalue weighted by Gasteiger charge is -2.11. The molecule has 0 aliphatic heterocycles. The standard InChI is InChI=1S/C19H23NO3/c1-3-5-18(21)15-8-9-19(17(20)13-15)23-11-10-22-16-7-4-6-14(2)12-16/h4,6-9,12-13H,3,5,10-11,20H2,1-2H3. The Morgan fingerprint density at radius 2 is 1.87 bits per heavy atom. The predicted octanol–water partition coefficient (Wildman–Crippen LogP) is 4.02. The quantitative estimate of drug-likeness (QED) is 0.454. The normalized spacial score (nSPS) is 10.3. The minimum atomic E-state index is 0.105. The number of hydrogen-bond donors (Lipinski definition) is 1. The number of nitrogens with two attached hydrogens (primary N) is 1. The highest BCUT2D eigenvalue weighted by Gasteiger charge is 2.08. The Balaban J connectivity index is 1.85. The average molecular weight is 313 g/mol. The van der Waals surface area contributed by atoms with Crippen LogP contribution in [0.1, 0.15) is 35.7 Å². The molecule has 0 spiro atoms. The number of Topliss-reactive ketones (excluding diaryl/α,β-unsaturated/α-hetero) is 1. The molecule has 0 radical (unpaired) electrons. The van der Waals surface area contributed by atoms with E-state index < -0.39 is 0 Å².